The van der Waals surface area contributed by atoms with Crippen molar-refractivity contribution in [3.05, 3.63) is 34.7 Å². The highest BCUT2D eigenvalue weighted by Gasteiger charge is 2.12. The van der Waals surface area contributed by atoms with Crippen LogP contribution < -0.4 is 4.74 Å². The van der Waals surface area contributed by atoms with E-state index in [2.05, 4.69) is 16.6 Å². The molecule has 0 aliphatic carbocycles. The van der Waals surface area contributed by atoms with Gasteiger partial charge >= 0.3 is 0 Å². The summed E-state index contributed by atoms with van der Waals surface area (Å²) in [7, 11) is 0. The summed E-state index contributed by atoms with van der Waals surface area (Å²) in [4.78, 5) is 4.16. The number of nitrogens with zero attached hydrogens (tertiary/aromatic N) is 1. The topological polar surface area (TPSA) is 22.1 Å². The summed E-state index contributed by atoms with van der Waals surface area (Å²) in [6.45, 7) is 0.808. The molecule has 0 spiro atoms. The smallest absolute Gasteiger partial charge is 0.152 e. The molecule has 14 heavy (non-hydrogen) atoms. The Balaban J connectivity index is 2.09. The van der Waals surface area contributed by atoms with Crippen molar-refractivity contribution >= 4 is 11.3 Å². The standard InChI is InChI=1S/C11H8NOS/c1-2-11-9(3-4-13-11)5-8(1)10-6-14-7-12-10/h1-2,5-6H,3-4H2. The van der Waals surface area contributed by atoms with Gasteiger partial charge in [0.2, 0.25) is 0 Å². The Kier molecular flexibility index (Phi) is 1.77. The van der Waals surface area contributed by atoms with E-state index in [1.165, 1.54) is 16.9 Å². The van der Waals surface area contributed by atoms with Crippen LogP contribution in [0.15, 0.2) is 23.6 Å². The number of ether oxygens (including phenoxy) is 1. The fourth-order valence-electron chi connectivity index (χ4n) is 1.66. The van der Waals surface area contributed by atoms with Crippen molar-refractivity contribution in [3.8, 4) is 17.0 Å². The Morgan fingerprint density at radius 2 is 2.43 bits per heavy atom. The molecule has 0 unspecified atom stereocenters. The number of aromatic nitrogens is 1. The maximum atomic E-state index is 5.45. The molecule has 1 aliphatic heterocycles. The van der Waals surface area contributed by atoms with Gasteiger partial charge in [-0.25, -0.2) is 4.98 Å². The lowest BCUT2D eigenvalue weighted by atomic mass is 10.1. The zero-order chi connectivity index (χ0) is 9.38. The van der Waals surface area contributed by atoms with E-state index < -0.39 is 0 Å². The van der Waals surface area contributed by atoms with E-state index in [4.69, 9.17) is 4.74 Å². The van der Waals surface area contributed by atoms with Gasteiger partial charge in [0.25, 0.3) is 0 Å². The molecule has 3 heteroatoms. The molecule has 0 saturated carbocycles. The van der Waals surface area contributed by atoms with Crippen LogP contribution in [0.25, 0.3) is 11.3 Å². The summed E-state index contributed by atoms with van der Waals surface area (Å²) >= 11 is 1.50. The van der Waals surface area contributed by atoms with Gasteiger partial charge in [-0.05, 0) is 23.8 Å². The van der Waals surface area contributed by atoms with Crippen LogP contribution >= 0.6 is 11.3 Å². The number of rotatable bonds is 1. The second-order valence-corrected chi connectivity index (χ2v) is 3.90. The SMILES string of the molecule is [c]1nc(-c2ccc3c(c2)CCO3)cs1. The van der Waals surface area contributed by atoms with E-state index in [0.717, 1.165) is 30.0 Å². The van der Waals surface area contributed by atoms with Gasteiger partial charge in [0, 0.05) is 17.4 Å². The van der Waals surface area contributed by atoms with Crippen molar-refractivity contribution in [1.29, 1.82) is 0 Å². The lowest BCUT2D eigenvalue weighted by Crippen LogP contribution is -1.85. The van der Waals surface area contributed by atoms with Gasteiger partial charge in [-0.1, -0.05) is 0 Å². The second-order valence-electron chi connectivity index (χ2n) is 3.24. The molecule has 2 heterocycles. The average Bonchev–Trinajstić information content (AvgIpc) is 2.88. The van der Waals surface area contributed by atoms with Gasteiger partial charge in [-0.3, -0.25) is 0 Å². The van der Waals surface area contributed by atoms with Crippen LogP contribution in [-0.4, -0.2) is 11.6 Å². The van der Waals surface area contributed by atoms with Gasteiger partial charge in [-0.2, -0.15) is 0 Å². The van der Waals surface area contributed by atoms with E-state index >= 15 is 0 Å². The van der Waals surface area contributed by atoms with Gasteiger partial charge in [-0.15, -0.1) is 11.3 Å². The van der Waals surface area contributed by atoms with Crippen molar-refractivity contribution in [2.24, 2.45) is 0 Å². The Morgan fingerprint density at radius 3 is 3.29 bits per heavy atom. The highest BCUT2D eigenvalue weighted by atomic mass is 32.1. The highest BCUT2D eigenvalue weighted by molar-refractivity contribution is 7.07. The normalized spacial score (nSPS) is 13.7. The molecule has 0 bridgehead atoms. The van der Waals surface area contributed by atoms with Crippen LogP contribution in [0, 0.1) is 5.51 Å². The second kappa shape index (κ2) is 3.10. The largest absolute Gasteiger partial charge is 0.493 e. The highest BCUT2D eigenvalue weighted by Crippen LogP contribution is 2.29. The first kappa shape index (κ1) is 8.00. The van der Waals surface area contributed by atoms with Gasteiger partial charge in [0.15, 0.2) is 5.51 Å². The maximum Gasteiger partial charge on any atom is 0.152 e. The molecule has 1 aromatic heterocycles. The molecule has 1 aromatic carbocycles. The predicted octanol–water partition coefficient (Wildman–Crippen LogP) is 2.55. The van der Waals surface area contributed by atoms with Gasteiger partial charge in [0.1, 0.15) is 5.75 Å². The first-order valence-corrected chi connectivity index (χ1v) is 5.39. The zero-order valence-corrected chi connectivity index (χ0v) is 8.30. The van der Waals surface area contributed by atoms with Gasteiger partial charge in [0.05, 0.1) is 12.3 Å². The van der Waals surface area contributed by atoms with E-state index in [1.807, 2.05) is 17.5 Å². The summed E-state index contributed by atoms with van der Waals surface area (Å²) < 4.78 is 5.45. The first-order chi connectivity index (χ1) is 6.93. The van der Waals surface area contributed by atoms with Crippen LogP contribution in [0.4, 0.5) is 0 Å². The molecule has 0 saturated heterocycles. The number of fused-ring (bicyclic) bond motifs is 1. The molecule has 69 valence electrons. The Morgan fingerprint density at radius 1 is 1.43 bits per heavy atom. The average molecular weight is 202 g/mol. The number of hydrogen-bond acceptors (Lipinski definition) is 3. The van der Waals surface area contributed by atoms with Crippen molar-refractivity contribution in [2.45, 2.75) is 6.42 Å². The van der Waals surface area contributed by atoms with Crippen LogP contribution in [0.2, 0.25) is 0 Å². The predicted molar refractivity (Wildman–Crippen MR) is 55.6 cm³/mol. The summed E-state index contributed by atoms with van der Waals surface area (Å²) in [6.07, 6.45) is 1.01. The summed E-state index contributed by atoms with van der Waals surface area (Å²) in [5.74, 6) is 1.02. The Labute approximate surface area is 86.2 Å². The van der Waals surface area contributed by atoms with Crippen LogP contribution in [0.1, 0.15) is 5.56 Å². The molecule has 0 N–H and O–H groups in total. The van der Waals surface area contributed by atoms with Crippen molar-refractivity contribution < 1.29 is 4.74 Å². The number of hydrogen-bond donors (Lipinski definition) is 0. The lowest BCUT2D eigenvalue weighted by molar-refractivity contribution is 0.357. The maximum absolute atomic E-state index is 5.45. The van der Waals surface area contributed by atoms with Gasteiger partial charge < -0.3 is 4.74 Å². The molecule has 0 amide bonds. The minimum atomic E-state index is 0.808. The third kappa shape index (κ3) is 1.21. The molecular weight excluding hydrogens is 194 g/mol. The van der Waals surface area contributed by atoms with Crippen molar-refractivity contribution in [1.82, 2.24) is 4.98 Å². The fourth-order valence-corrected chi connectivity index (χ4v) is 2.17. The molecule has 1 aliphatic rings. The van der Waals surface area contributed by atoms with Crippen LogP contribution in [0.3, 0.4) is 0 Å². The zero-order valence-electron chi connectivity index (χ0n) is 7.49. The molecule has 2 nitrogen and oxygen atoms in total. The van der Waals surface area contributed by atoms with E-state index in [1.54, 1.807) is 0 Å². The molecule has 3 rings (SSSR count). The van der Waals surface area contributed by atoms with E-state index in [-0.39, 0.29) is 0 Å². The quantitative estimate of drug-likeness (QED) is 0.709. The number of thiazole rings is 1. The summed E-state index contributed by atoms with van der Waals surface area (Å²) in [5.41, 5.74) is 6.31. The van der Waals surface area contributed by atoms with Crippen molar-refractivity contribution in [2.75, 3.05) is 6.61 Å². The lowest BCUT2D eigenvalue weighted by Gasteiger charge is -2.00. The molecule has 2 aromatic rings. The molecule has 0 fully saturated rings. The molecule has 0 atom stereocenters. The Hall–Kier alpha value is -1.35. The van der Waals surface area contributed by atoms with Crippen molar-refractivity contribution in [3.63, 3.8) is 0 Å². The monoisotopic (exact) mass is 202 g/mol. The van der Waals surface area contributed by atoms with Crippen LogP contribution in [0.5, 0.6) is 5.75 Å². The van der Waals surface area contributed by atoms with E-state index in [9.17, 15) is 0 Å². The number of benzene rings is 1. The van der Waals surface area contributed by atoms with Crippen LogP contribution in [-0.2, 0) is 6.42 Å². The summed E-state index contributed by atoms with van der Waals surface area (Å²) in [5, 5.41) is 2.01. The fraction of sp³-hybridized carbons (Fsp3) is 0.182. The molecular formula is C11H8NOS. The minimum absolute atomic E-state index is 0.808. The Bertz CT molecular complexity index is 450. The molecule has 1 radical (unpaired) electrons. The third-order valence-corrected chi connectivity index (χ3v) is 2.91. The first-order valence-electron chi connectivity index (χ1n) is 4.51. The third-order valence-electron chi connectivity index (χ3n) is 2.37. The summed E-state index contributed by atoms with van der Waals surface area (Å²) in [6, 6.07) is 6.23. The minimum Gasteiger partial charge on any atom is -0.493 e. The van der Waals surface area contributed by atoms with E-state index in [0.29, 0.717) is 0 Å².